The average molecular weight is 380 g/mol. The number of hydrogen-bond acceptors (Lipinski definition) is 5. The van der Waals surface area contributed by atoms with Crippen LogP contribution in [0.2, 0.25) is 0 Å². The van der Waals surface area contributed by atoms with Crippen LogP contribution in [0.25, 0.3) is 0 Å². The summed E-state index contributed by atoms with van der Waals surface area (Å²) in [4.78, 5) is 17.1. The van der Waals surface area contributed by atoms with E-state index in [4.69, 9.17) is 9.26 Å². The number of aromatic nitrogens is 2. The van der Waals surface area contributed by atoms with Gasteiger partial charge in [0.15, 0.2) is 5.82 Å². The quantitative estimate of drug-likeness (QED) is 0.880. The topological polar surface area (TPSA) is 77.2 Å². The van der Waals surface area contributed by atoms with E-state index >= 15 is 0 Å². The fourth-order valence-electron chi connectivity index (χ4n) is 2.97. The standard InChI is InChI=1S/C16H18BrN3O3/c1-10-18-15(20-23-10)16(7-3-4-8-16)19-14(21)12-9-11(22-2)5-6-13(12)17/h5-6,9H,3-4,7-8H2,1-2H3,(H,19,21). The molecular formula is C16H18BrN3O3. The molecule has 2 aromatic rings. The summed E-state index contributed by atoms with van der Waals surface area (Å²) in [6.45, 7) is 1.75. The minimum Gasteiger partial charge on any atom is -0.497 e. The predicted octanol–water partition coefficient (Wildman–Crippen LogP) is 3.35. The third-order valence-corrected chi connectivity index (χ3v) is 4.88. The van der Waals surface area contributed by atoms with Crippen molar-refractivity contribution in [3.63, 3.8) is 0 Å². The number of hydrogen-bond donors (Lipinski definition) is 1. The SMILES string of the molecule is COc1ccc(Br)c(C(=O)NC2(c3noc(C)n3)CCCC2)c1. The van der Waals surface area contributed by atoms with Gasteiger partial charge in [-0.2, -0.15) is 4.98 Å². The Balaban J connectivity index is 1.90. The van der Waals surface area contributed by atoms with Gasteiger partial charge in [-0.25, -0.2) is 0 Å². The van der Waals surface area contributed by atoms with Gasteiger partial charge in [-0.15, -0.1) is 0 Å². The van der Waals surface area contributed by atoms with Crippen LogP contribution in [0.3, 0.4) is 0 Å². The van der Waals surface area contributed by atoms with Gasteiger partial charge in [-0.3, -0.25) is 4.79 Å². The molecule has 0 spiro atoms. The number of aryl methyl sites for hydroxylation is 1. The van der Waals surface area contributed by atoms with E-state index in [1.165, 1.54) is 0 Å². The molecule has 1 fully saturated rings. The van der Waals surface area contributed by atoms with Crippen LogP contribution in [0.4, 0.5) is 0 Å². The number of rotatable bonds is 4. The zero-order valence-corrected chi connectivity index (χ0v) is 14.6. The molecule has 1 N–H and O–H groups in total. The lowest BCUT2D eigenvalue weighted by atomic mass is 9.96. The van der Waals surface area contributed by atoms with Gasteiger partial charge >= 0.3 is 0 Å². The molecule has 1 aliphatic rings. The number of ether oxygens (including phenoxy) is 1. The van der Waals surface area contributed by atoms with E-state index in [9.17, 15) is 4.79 Å². The van der Waals surface area contributed by atoms with Gasteiger partial charge in [0, 0.05) is 11.4 Å². The molecular weight excluding hydrogens is 362 g/mol. The number of methoxy groups -OCH3 is 1. The highest BCUT2D eigenvalue weighted by molar-refractivity contribution is 9.10. The molecule has 3 rings (SSSR count). The number of carbonyl (C=O) groups is 1. The maximum atomic E-state index is 12.8. The summed E-state index contributed by atoms with van der Waals surface area (Å²) in [5, 5.41) is 7.16. The molecule has 23 heavy (non-hydrogen) atoms. The summed E-state index contributed by atoms with van der Waals surface area (Å²) in [5.74, 6) is 1.51. The van der Waals surface area contributed by atoms with Crippen molar-refractivity contribution in [2.24, 2.45) is 0 Å². The largest absolute Gasteiger partial charge is 0.497 e. The third-order valence-electron chi connectivity index (χ3n) is 4.18. The number of amides is 1. The van der Waals surface area contributed by atoms with E-state index in [0.717, 1.165) is 25.7 Å². The minimum absolute atomic E-state index is 0.180. The molecule has 1 saturated carbocycles. The molecule has 0 bridgehead atoms. The molecule has 6 nitrogen and oxygen atoms in total. The molecule has 1 aliphatic carbocycles. The van der Waals surface area contributed by atoms with E-state index in [1.54, 1.807) is 32.2 Å². The van der Waals surface area contributed by atoms with Gasteiger partial charge in [0.05, 0.1) is 12.7 Å². The molecule has 122 valence electrons. The van der Waals surface area contributed by atoms with E-state index in [-0.39, 0.29) is 5.91 Å². The Labute approximate surface area is 142 Å². The Kier molecular flexibility index (Phi) is 4.39. The van der Waals surface area contributed by atoms with E-state index in [1.807, 2.05) is 0 Å². The predicted molar refractivity (Wildman–Crippen MR) is 87.3 cm³/mol. The summed E-state index contributed by atoms with van der Waals surface area (Å²) in [6, 6.07) is 5.31. The van der Waals surface area contributed by atoms with Crippen LogP contribution >= 0.6 is 15.9 Å². The van der Waals surface area contributed by atoms with Crippen molar-refractivity contribution in [3.8, 4) is 5.75 Å². The molecule has 1 aromatic heterocycles. The van der Waals surface area contributed by atoms with Crippen LogP contribution in [0.5, 0.6) is 5.75 Å². The van der Waals surface area contributed by atoms with E-state index < -0.39 is 5.54 Å². The Morgan fingerprint density at radius 1 is 1.39 bits per heavy atom. The molecule has 0 atom stereocenters. The van der Waals surface area contributed by atoms with Crippen molar-refractivity contribution in [1.29, 1.82) is 0 Å². The first-order chi connectivity index (χ1) is 11.0. The summed E-state index contributed by atoms with van der Waals surface area (Å²) in [6.07, 6.45) is 3.65. The summed E-state index contributed by atoms with van der Waals surface area (Å²) in [5.41, 5.74) is -0.0342. The van der Waals surface area contributed by atoms with Gasteiger partial charge < -0.3 is 14.6 Å². The lowest BCUT2D eigenvalue weighted by Gasteiger charge is -2.27. The monoisotopic (exact) mass is 379 g/mol. The lowest BCUT2D eigenvalue weighted by Crippen LogP contribution is -2.44. The van der Waals surface area contributed by atoms with Crippen molar-refractivity contribution in [1.82, 2.24) is 15.5 Å². The van der Waals surface area contributed by atoms with Crippen molar-refractivity contribution in [3.05, 3.63) is 40.0 Å². The summed E-state index contributed by atoms with van der Waals surface area (Å²) >= 11 is 3.42. The first kappa shape index (κ1) is 16.0. The maximum absolute atomic E-state index is 12.8. The fraction of sp³-hybridized carbons (Fsp3) is 0.438. The molecule has 1 heterocycles. The van der Waals surface area contributed by atoms with Crippen LogP contribution < -0.4 is 10.1 Å². The number of nitrogens with zero attached hydrogens (tertiary/aromatic N) is 2. The van der Waals surface area contributed by atoms with Gasteiger partial charge in [0.2, 0.25) is 5.89 Å². The van der Waals surface area contributed by atoms with Crippen molar-refractivity contribution >= 4 is 21.8 Å². The molecule has 0 radical (unpaired) electrons. The average Bonchev–Trinajstić information content (AvgIpc) is 3.17. The Morgan fingerprint density at radius 2 is 2.13 bits per heavy atom. The third kappa shape index (κ3) is 3.10. The second-order valence-electron chi connectivity index (χ2n) is 5.73. The van der Waals surface area contributed by atoms with Crippen molar-refractivity contribution in [2.75, 3.05) is 7.11 Å². The van der Waals surface area contributed by atoms with Gasteiger partial charge in [0.25, 0.3) is 5.91 Å². The first-order valence-corrected chi connectivity index (χ1v) is 8.30. The van der Waals surface area contributed by atoms with E-state index in [2.05, 4.69) is 31.4 Å². The van der Waals surface area contributed by atoms with Gasteiger partial charge in [-0.05, 0) is 47.0 Å². The highest BCUT2D eigenvalue weighted by atomic mass is 79.9. The van der Waals surface area contributed by atoms with E-state index in [0.29, 0.717) is 27.5 Å². The van der Waals surface area contributed by atoms with Crippen molar-refractivity contribution < 1.29 is 14.1 Å². The number of nitrogens with one attached hydrogen (secondary N) is 1. The van der Waals surface area contributed by atoms with Crippen LogP contribution in [0, 0.1) is 6.92 Å². The van der Waals surface area contributed by atoms with Crippen LogP contribution in [-0.2, 0) is 5.54 Å². The van der Waals surface area contributed by atoms with Crippen molar-refractivity contribution in [2.45, 2.75) is 38.1 Å². The smallest absolute Gasteiger partial charge is 0.253 e. The Bertz CT molecular complexity index is 723. The minimum atomic E-state index is -0.558. The number of carbonyl (C=O) groups excluding carboxylic acids is 1. The number of benzene rings is 1. The normalized spacial score (nSPS) is 16.3. The second kappa shape index (κ2) is 6.31. The lowest BCUT2D eigenvalue weighted by molar-refractivity contribution is 0.0890. The maximum Gasteiger partial charge on any atom is 0.253 e. The van der Waals surface area contributed by atoms with Crippen LogP contribution in [0.1, 0.15) is 47.8 Å². The van der Waals surface area contributed by atoms with Crippen LogP contribution in [-0.4, -0.2) is 23.2 Å². The zero-order chi connectivity index (χ0) is 16.4. The Hall–Kier alpha value is -1.89. The summed E-state index contributed by atoms with van der Waals surface area (Å²) < 4.78 is 11.0. The summed E-state index contributed by atoms with van der Waals surface area (Å²) in [7, 11) is 1.57. The molecule has 1 aromatic carbocycles. The molecule has 0 saturated heterocycles. The van der Waals surface area contributed by atoms with Crippen LogP contribution in [0.15, 0.2) is 27.2 Å². The molecule has 0 unspecified atom stereocenters. The van der Waals surface area contributed by atoms with Gasteiger partial charge in [-0.1, -0.05) is 18.0 Å². The molecule has 0 aliphatic heterocycles. The highest BCUT2D eigenvalue weighted by Crippen LogP contribution is 2.38. The number of halogens is 1. The second-order valence-corrected chi connectivity index (χ2v) is 6.58. The first-order valence-electron chi connectivity index (χ1n) is 7.51. The zero-order valence-electron chi connectivity index (χ0n) is 13.1. The molecule has 1 amide bonds. The van der Waals surface area contributed by atoms with Gasteiger partial charge in [0.1, 0.15) is 11.3 Å². The highest BCUT2D eigenvalue weighted by Gasteiger charge is 2.41. The Morgan fingerprint density at radius 3 is 2.74 bits per heavy atom. The fourth-order valence-corrected chi connectivity index (χ4v) is 3.39. The molecule has 7 heteroatoms.